The van der Waals surface area contributed by atoms with Gasteiger partial charge in [0.25, 0.3) is 0 Å². The van der Waals surface area contributed by atoms with E-state index in [1.165, 1.54) is 18.2 Å². The Hall–Kier alpha value is -2.66. The van der Waals surface area contributed by atoms with Crippen LogP contribution >= 0.6 is 11.3 Å². The fourth-order valence-electron chi connectivity index (χ4n) is 2.88. The maximum atomic E-state index is 11.2. The lowest BCUT2D eigenvalue weighted by atomic mass is 9.96. The lowest BCUT2D eigenvalue weighted by Gasteiger charge is -2.32. The molecule has 2 aromatic rings. The van der Waals surface area contributed by atoms with Crippen molar-refractivity contribution in [2.45, 2.75) is 31.6 Å². The van der Waals surface area contributed by atoms with E-state index < -0.39 is 12.1 Å². The van der Waals surface area contributed by atoms with E-state index in [1.807, 2.05) is 5.38 Å². The number of aliphatic carboxylic acids is 1. The van der Waals surface area contributed by atoms with Gasteiger partial charge in [0.2, 0.25) is 0 Å². The van der Waals surface area contributed by atoms with Gasteiger partial charge in [-0.3, -0.25) is 9.69 Å². The van der Waals surface area contributed by atoms with Crippen LogP contribution in [0.5, 0.6) is 0 Å². The van der Waals surface area contributed by atoms with Crippen molar-refractivity contribution in [1.82, 2.24) is 9.88 Å². The Morgan fingerprint density at radius 2 is 2.03 bits per heavy atom. The van der Waals surface area contributed by atoms with Crippen LogP contribution in [0.2, 0.25) is 0 Å². The molecule has 1 aromatic carbocycles. The van der Waals surface area contributed by atoms with Gasteiger partial charge in [-0.2, -0.15) is 13.2 Å². The van der Waals surface area contributed by atoms with Crippen molar-refractivity contribution in [3.63, 3.8) is 0 Å². The minimum Gasteiger partial charge on any atom is -0.475 e. The number of hydrogen-bond donors (Lipinski definition) is 2. The van der Waals surface area contributed by atoms with Crippen LogP contribution in [0.1, 0.15) is 29.3 Å². The van der Waals surface area contributed by atoms with E-state index in [9.17, 15) is 18.0 Å². The number of hydrogen-bond acceptors (Lipinski definition) is 7. The molecule has 1 aromatic heterocycles. The summed E-state index contributed by atoms with van der Waals surface area (Å²) < 4.78 is 36.4. The maximum Gasteiger partial charge on any atom is 0.490 e. The van der Waals surface area contributed by atoms with E-state index in [4.69, 9.17) is 9.90 Å². The molecule has 1 unspecified atom stereocenters. The van der Waals surface area contributed by atoms with Gasteiger partial charge in [0.15, 0.2) is 5.13 Å². The summed E-state index contributed by atoms with van der Waals surface area (Å²) in [5, 5.41) is 13.6. The summed E-state index contributed by atoms with van der Waals surface area (Å²) in [5.41, 5.74) is 3.64. The Labute approximate surface area is 175 Å². The van der Waals surface area contributed by atoms with Gasteiger partial charge >= 0.3 is 18.1 Å². The SMILES string of the molecule is COC(=O)CCc1csc(NC2CN(C)Cc3ccccc32)n1.O=C(O)C(F)(F)F. The number of halogens is 3. The molecule has 1 aliphatic heterocycles. The molecule has 0 amide bonds. The number of esters is 1. The summed E-state index contributed by atoms with van der Waals surface area (Å²) in [5.74, 6) is -2.96. The Morgan fingerprint density at radius 3 is 2.67 bits per heavy atom. The molecule has 3 rings (SSSR count). The number of carboxylic acids is 1. The van der Waals surface area contributed by atoms with Gasteiger partial charge in [0.05, 0.1) is 25.3 Å². The molecule has 0 bridgehead atoms. The second-order valence-corrected chi connectivity index (χ2v) is 7.47. The number of nitrogens with one attached hydrogen (secondary N) is 1. The average Bonchev–Trinajstić information content (AvgIpc) is 3.13. The van der Waals surface area contributed by atoms with E-state index in [2.05, 4.69) is 51.3 Å². The lowest BCUT2D eigenvalue weighted by molar-refractivity contribution is -0.192. The fraction of sp³-hybridized carbons (Fsp3) is 0.421. The van der Waals surface area contributed by atoms with Crippen LogP contribution in [0.3, 0.4) is 0 Å². The standard InChI is InChI=1S/C17H21N3O2S.C2HF3O2/c1-20-9-12-5-3-4-6-14(12)15(10-20)19-17-18-13(11-23-17)7-8-16(21)22-2;3-2(4,5)1(6)7/h3-6,11,15H,7-10H2,1-2H3,(H,18,19);(H,6,7). The zero-order valence-corrected chi connectivity index (χ0v) is 17.2. The third-order valence-electron chi connectivity index (χ3n) is 4.27. The number of carboxylic acid groups (broad SMARTS) is 1. The van der Waals surface area contributed by atoms with E-state index >= 15 is 0 Å². The van der Waals surface area contributed by atoms with Crippen LogP contribution in [0, 0.1) is 0 Å². The van der Waals surface area contributed by atoms with Crippen LogP contribution in [-0.2, 0) is 27.3 Å². The van der Waals surface area contributed by atoms with Crippen molar-refractivity contribution in [2.75, 3.05) is 26.0 Å². The van der Waals surface area contributed by atoms with E-state index in [0.29, 0.717) is 12.8 Å². The lowest BCUT2D eigenvalue weighted by Crippen LogP contribution is -2.33. The van der Waals surface area contributed by atoms with Crippen LogP contribution < -0.4 is 5.32 Å². The Balaban J connectivity index is 0.000000396. The number of anilines is 1. The molecule has 0 spiro atoms. The third-order valence-corrected chi connectivity index (χ3v) is 5.09. The van der Waals surface area contributed by atoms with Crippen molar-refractivity contribution in [3.8, 4) is 0 Å². The van der Waals surface area contributed by atoms with E-state index in [-0.39, 0.29) is 12.0 Å². The van der Waals surface area contributed by atoms with Crippen molar-refractivity contribution < 1.29 is 32.6 Å². The van der Waals surface area contributed by atoms with Gasteiger partial charge in [-0.05, 0) is 18.2 Å². The highest BCUT2D eigenvalue weighted by Gasteiger charge is 2.38. The van der Waals surface area contributed by atoms with Crippen molar-refractivity contribution in [2.24, 2.45) is 0 Å². The molecule has 1 aliphatic rings. The maximum absolute atomic E-state index is 11.2. The summed E-state index contributed by atoms with van der Waals surface area (Å²) in [4.78, 5) is 27.0. The normalized spacial score (nSPS) is 16.1. The van der Waals surface area contributed by atoms with Crippen LogP contribution in [0.15, 0.2) is 29.6 Å². The first-order valence-electron chi connectivity index (χ1n) is 8.94. The molecule has 0 saturated heterocycles. The Bertz CT molecular complexity index is 873. The van der Waals surface area contributed by atoms with Gasteiger partial charge in [0, 0.05) is 24.9 Å². The smallest absolute Gasteiger partial charge is 0.475 e. The first-order valence-corrected chi connectivity index (χ1v) is 9.82. The molecule has 2 N–H and O–H groups in total. The molecule has 7 nitrogen and oxygen atoms in total. The first kappa shape index (κ1) is 23.6. The number of ether oxygens (including phenoxy) is 1. The van der Waals surface area contributed by atoms with Gasteiger partial charge in [-0.1, -0.05) is 24.3 Å². The molecule has 0 radical (unpaired) electrons. The van der Waals surface area contributed by atoms with Gasteiger partial charge in [0.1, 0.15) is 0 Å². The molecule has 0 aliphatic carbocycles. The molecule has 30 heavy (non-hydrogen) atoms. The minimum atomic E-state index is -5.08. The van der Waals surface area contributed by atoms with Gasteiger partial charge < -0.3 is 15.2 Å². The predicted octanol–water partition coefficient (Wildman–Crippen LogP) is 3.48. The number of aryl methyl sites for hydroxylation is 1. The Morgan fingerprint density at radius 1 is 1.37 bits per heavy atom. The number of rotatable bonds is 5. The number of fused-ring (bicyclic) bond motifs is 1. The van der Waals surface area contributed by atoms with E-state index in [1.54, 1.807) is 11.3 Å². The highest BCUT2D eigenvalue weighted by Crippen LogP contribution is 2.30. The minimum absolute atomic E-state index is 0.199. The number of thiazole rings is 1. The largest absolute Gasteiger partial charge is 0.490 e. The third kappa shape index (κ3) is 6.99. The highest BCUT2D eigenvalue weighted by atomic mass is 32.1. The molecule has 11 heteroatoms. The number of benzene rings is 1. The number of nitrogens with zero attached hydrogens (tertiary/aromatic N) is 2. The Kier molecular flexibility index (Phi) is 8.18. The van der Waals surface area contributed by atoms with Crippen LogP contribution in [0.25, 0.3) is 0 Å². The van der Waals surface area contributed by atoms with Gasteiger partial charge in [-0.15, -0.1) is 11.3 Å². The fourth-order valence-corrected chi connectivity index (χ4v) is 3.67. The summed E-state index contributed by atoms with van der Waals surface area (Å²) >= 11 is 1.59. The average molecular weight is 445 g/mol. The monoisotopic (exact) mass is 445 g/mol. The first-order chi connectivity index (χ1) is 14.1. The molecule has 164 valence electrons. The number of aromatic nitrogens is 1. The van der Waals surface area contributed by atoms with Crippen molar-refractivity contribution in [1.29, 1.82) is 0 Å². The number of likely N-dealkylation sites (N-methyl/N-ethyl adjacent to an activating group) is 1. The molecule has 1 atom stereocenters. The topological polar surface area (TPSA) is 91.8 Å². The summed E-state index contributed by atoms with van der Waals surface area (Å²) in [7, 11) is 3.54. The van der Waals surface area contributed by atoms with Gasteiger partial charge in [-0.25, -0.2) is 9.78 Å². The summed E-state index contributed by atoms with van der Waals surface area (Å²) in [6.45, 7) is 1.94. The van der Waals surface area contributed by atoms with Crippen LogP contribution in [-0.4, -0.2) is 53.8 Å². The quantitative estimate of drug-likeness (QED) is 0.681. The zero-order chi connectivity index (χ0) is 22.3. The second kappa shape index (κ2) is 10.4. The molecular formula is C19H22F3N3O4S. The number of carbonyl (C=O) groups excluding carboxylic acids is 1. The second-order valence-electron chi connectivity index (χ2n) is 6.62. The number of methoxy groups -OCH3 is 1. The zero-order valence-electron chi connectivity index (χ0n) is 16.4. The molecule has 0 saturated carbocycles. The molecule has 2 heterocycles. The number of alkyl halides is 3. The predicted molar refractivity (Wildman–Crippen MR) is 105 cm³/mol. The van der Waals surface area contributed by atoms with E-state index in [0.717, 1.165) is 23.9 Å². The van der Waals surface area contributed by atoms with Crippen molar-refractivity contribution in [3.05, 3.63) is 46.5 Å². The summed E-state index contributed by atoms with van der Waals surface area (Å²) in [6, 6.07) is 8.78. The summed E-state index contributed by atoms with van der Waals surface area (Å²) in [6.07, 6.45) is -4.10. The molecule has 0 fully saturated rings. The number of carbonyl (C=O) groups is 2. The highest BCUT2D eigenvalue weighted by molar-refractivity contribution is 7.13. The molecular weight excluding hydrogens is 423 g/mol. The van der Waals surface area contributed by atoms with Crippen LogP contribution in [0.4, 0.5) is 18.3 Å². The van der Waals surface area contributed by atoms with Crippen molar-refractivity contribution >= 4 is 28.4 Å².